The van der Waals surface area contributed by atoms with Gasteiger partial charge in [-0.2, -0.15) is 0 Å². The molecule has 1 unspecified atom stereocenters. The SMILES string of the molecule is O=C(Cn1ccc2ccccc21)N1CCC(n2cc(C3CC3)nn2)C1. The Morgan fingerprint density at radius 3 is 2.92 bits per heavy atom. The van der Waals surface area contributed by atoms with Crippen LogP contribution in [0.15, 0.2) is 42.7 Å². The van der Waals surface area contributed by atoms with Crippen molar-refractivity contribution >= 4 is 16.8 Å². The van der Waals surface area contributed by atoms with Crippen LogP contribution in [-0.4, -0.2) is 43.5 Å². The number of para-hydroxylation sites is 1. The molecule has 6 heteroatoms. The molecule has 1 aliphatic carbocycles. The summed E-state index contributed by atoms with van der Waals surface area (Å²) in [6.07, 6.45) is 7.49. The van der Waals surface area contributed by atoms with Gasteiger partial charge in [-0.15, -0.1) is 5.10 Å². The zero-order valence-electron chi connectivity index (χ0n) is 14.1. The zero-order valence-corrected chi connectivity index (χ0v) is 14.1. The lowest BCUT2D eigenvalue weighted by atomic mass is 10.2. The number of carbonyl (C=O) groups is 1. The van der Waals surface area contributed by atoms with E-state index < -0.39 is 0 Å². The van der Waals surface area contributed by atoms with Crippen LogP contribution in [0.4, 0.5) is 0 Å². The average molecular weight is 335 g/mol. The highest BCUT2D eigenvalue weighted by atomic mass is 16.2. The second-order valence-electron chi connectivity index (χ2n) is 7.18. The fraction of sp³-hybridized carbons (Fsp3) is 0.421. The number of carbonyl (C=O) groups excluding carboxylic acids is 1. The van der Waals surface area contributed by atoms with Crippen LogP contribution in [0.25, 0.3) is 10.9 Å². The van der Waals surface area contributed by atoms with Crippen molar-refractivity contribution < 1.29 is 4.79 Å². The van der Waals surface area contributed by atoms with E-state index in [0.29, 0.717) is 12.5 Å². The predicted molar refractivity (Wildman–Crippen MR) is 94.2 cm³/mol. The minimum absolute atomic E-state index is 0.173. The Morgan fingerprint density at radius 1 is 1.16 bits per heavy atom. The molecular formula is C19H21N5O. The molecule has 1 atom stereocenters. The fourth-order valence-electron chi connectivity index (χ4n) is 3.74. The van der Waals surface area contributed by atoms with Gasteiger partial charge in [-0.05, 0) is 36.8 Å². The van der Waals surface area contributed by atoms with Crippen molar-refractivity contribution in [2.24, 2.45) is 0 Å². The molecule has 2 aromatic heterocycles. The molecule has 0 radical (unpaired) electrons. The maximum absolute atomic E-state index is 12.7. The van der Waals surface area contributed by atoms with Crippen LogP contribution in [0, 0.1) is 0 Å². The molecule has 2 aliphatic rings. The molecule has 1 aliphatic heterocycles. The van der Waals surface area contributed by atoms with Gasteiger partial charge in [0.1, 0.15) is 6.54 Å². The second-order valence-corrected chi connectivity index (χ2v) is 7.18. The van der Waals surface area contributed by atoms with Crippen LogP contribution in [-0.2, 0) is 11.3 Å². The Balaban J connectivity index is 1.26. The molecule has 0 bridgehead atoms. The molecule has 1 amide bonds. The summed E-state index contributed by atoms with van der Waals surface area (Å²) in [5.41, 5.74) is 2.22. The quantitative estimate of drug-likeness (QED) is 0.736. The maximum Gasteiger partial charge on any atom is 0.242 e. The lowest BCUT2D eigenvalue weighted by molar-refractivity contribution is -0.130. The summed E-state index contributed by atoms with van der Waals surface area (Å²) in [5.74, 6) is 0.793. The van der Waals surface area contributed by atoms with E-state index in [1.807, 2.05) is 32.5 Å². The number of benzene rings is 1. The molecule has 0 N–H and O–H groups in total. The Morgan fingerprint density at radius 2 is 2.04 bits per heavy atom. The molecule has 3 heterocycles. The van der Waals surface area contributed by atoms with Gasteiger partial charge in [0.2, 0.25) is 5.91 Å². The number of amides is 1. The average Bonchev–Trinajstić information content (AvgIpc) is 3.04. The lowest BCUT2D eigenvalue weighted by Crippen LogP contribution is -2.32. The Bertz CT molecular complexity index is 923. The summed E-state index contributed by atoms with van der Waals surface area (Å²) in [5, 5.41) is 9.76. The molecule has 128 valence electrons. The Labute approximate surface area is 146 Å². The van der Waals surface area contributed by atoms with Crippen molar-refractivity contribution in [2.45, 2.75) is 37.8 Å². The highest BCUT2D eigenvalue weighted by Crippen LogP contribution is 2.39. The summed E-state index contributed by atoms with van der Waals surface area (Å²) >= 11 is 0. The van der Waals surface area contributed by atoms with Gasteiger partial charge in [-0.1, -0.05) is 23.4 Å². The number of rotatable bonds is 4. The summed E-state index contributed by atoms with van der Waals surface area (Å²) in [6.45, 7) is 1.91. The second kappa shape index (κ2) is 5.72. The molecule has 1 saturated heterocycles. The molecule has 2 fully saturated rings. The van der Waals surface area contributed by atoms with Crippen LogP contribution in [0.1, 0.15) is 36.9 Å². The van der Waals surface area contributed by atoms with E-state index in [4.69, 9.17) is 0 Å². The number of likely N-dealkylation sites (tertiary alicyclic amines) is 1. The smallest absolute Gasteiger partial charge is 0.242 e. The van der Waals surface area contributed by atoms with Gasteiger partial charge in [0.15, 0.2) is 0 Å². The maximum atomic E-state index is 12.7. The molecule has 1 saturated carbocycles. The first-order valence-electron chi connectivity index (χ1n) is 9.01. The van der Waals surface area contributed by atoms with Crippen LogP contribution in [0.2, 0.25) is 0 Å². The first-order chi connectivity index (χ1) is 12.3. The molecule has 6 nitrogen and oxygen atoms in total. The largest absolute Gasteiger partial charge is 0.339 e. The first-order valence-corrected chi connectivity index (χ1v) is 9.01. The van der Waals surface area contributed by atoms with Crippen LogP contribution in [0.5, 0.6) is 0 Å². The topological polar surface area (TPSA) is 56.0 Å². The van der Waals surface area contributed by atoms with Crippen LogP contribution in [0.3, 0.4) is 0 Å². The summed E-state index contributed by atoms with van der Waals surface area (Å²) in [4.78, 5) is 14.7. The van der Waals surface area contributed by atoms with Crippen molar-refractivity contribution in [1.82, 2.24) is 24.5 Å². The van der Waals surface area contributed by atoms with E-state index in [1.54, 1.807) is 0 Å². The van der Waals surface area contributed by atoms with E-state index in [1.165, 1.54) is 18.2 Å². The summed E-state index contributed by atoms with van der Waals surface area (Å²) in [6, 6.07) is 10.5. The van der Waals surface area contributed by atoms with Crippen molar-refractivity contribution in [3.8, 4) is 0 Å². The number of hydrogen-bond donors (Lipinski definition) is 0. The fourth-order valence-corrected chi connectivity index (χ4v) is 3.74. The molecule has 3 aromatic rings. The van der Waals surface area contributed by atoms with Gasteiger partial charge >= 0.3 is 0 Å². The van der Waals surface area contributed by atoms with Crippen molar-refractivity contribution in [3.63, 3.8) is 0 Å². The third-order valence-electron chi connectivity index (χ3n) is 5.40. The molecule has 5 rings (SSSR count). The van der Waals surface area contributed by atoms with Crippen molar-refractivity contribution in [3.05, 3.63) is 48.4 Å². The molecular weight excluding hydrogens is 314 g/mol. The van der Waals surface area contributed by atoms with Crippen molar-refractivity contribution in [2.75, 3.05) is 13.1 Å². The highest BCUT2D eigenvalue weighted by Gasteiger charge is 2.31. The third kappa shape index (κ3) is 2.71. The minimum Gasteiger partial charge on any atom is -0.339 e. The number of aromatic nitrogens is 4. The Kier molecular flexibility index (Phi) is 3.36. The lowest BCUT2D eigenvalue weighted by Gasteiger charge is -2.17. The van der Waals surface area contributed by atoms with E-state index in [2.05, 4.69) is 34.7 Å². The van der Waals surface area contributed by atoms with Gasteiger partial charge < -0.3 is 9.47 Å². The number of nitrogens with zero attached hydrogens (tertiary/aromatic N) is 5. The van der Waals surface area contributed by atoms with Gasteiger partial charge in [0, 0.05) is 36.9 Å². The van der Waals surface area contributed by atoms with Gasteiger partial charge in [0.25, 0.3) is 0 Å². The third-order valence-corrected chi connectivity index (χ3v) is 5.40. The normalized spacial score (nSPS) is 20.5. The van der Waals surface area contributed by atoms with E-state index >= 15 is 0 Å². The van der Waals surface area contributed by atoms with E-state index in [9.17, 15) is 4.79 Å². The Hall–Kier alpha value is -2.63. The van der Waals surface area contributed by atoms with Crippen LogP contribution < -0.4 is 0 Å². The predicted octanol–water partition coefficient (Wildman–Crippen LogP) is 2.58. The van der Waals surface area contributed by atoms with Crippen molar-refractivity contribution in [1.29, 1.82) is 0 Å². The monoisotopic (exact) mass is 335 g/mol. The van der Waals surface area contributed by atoms with E-state index in [0.717, 1.165) is 30.7 Å². The van der Waals surface area contributed by atoms with Gasteiger partial charge in [-0.3, -0.25) is 4.79 Å². The van der Waals surface area contributed by atoms with E-state index in [-0.39, 0.29) is 11.9 Å². The molecule has 25 heavy (non-hydrogen) atoms. The van der Waals surface area contributed by atoms with Gasteiger partial charge in [0.05, 0.1) is 11.7 Å². The molecule has 0 spiro atoms. The highest BCUT2D eigenvalue weighted by molar-refractivity contribution is 5.83. The summed E-state index contributed by atoms with van der Waals surface area (Å²) < 4.78 is 4.00. The summed E-state index contributed by atoms with van der Waals surface area (Å²) in [7, 11) is 0. The first kappa shape index (κ1) is 14.7. The molecule has 1 aromatic carbocycles. The zero-order chi connectivity index (χ0) is 16.8. The number of fused-ring (bicyclic) bond motifs is 1. The standard InChI is InChI=1S/C19H21N5O/c25-19(13-22-9-7-15-3-1-2-4-18(15)22)23-10-8-16(11-23)24-12-17(20-21-24)14-5-6-14/h1-4,7,9,12,14,16H,5-6,8,10-11,13H2. The number of hydrogen-bond acceptors (Lipinski definition) is 3. The van der Waals surface area contributed by atoms with Crippen LogP contribution >= 0.6 is 0 Å². The minimum atomic E-state index is 0.173. The van der Waals surface area contributed by atoms with Gasteiger partial charge in [-0.25, -0.2) is 4.68 Å².